The van der Waals surface area contributed by atoms with Gasteiger partial charge in [-0.25, -0.2) is 9.78 Å². The second-order valence-corrected chi connectivity index (χ2v) is 2.23. The van der Waals surface area contributed by atoms with Gasteiger partial charge in [0.05, 0.1) is 5.56 Å². The number of aryl methyl sites for hydroxylation is 1. The van der Waals surface area contributed by atoms with Crippen molar-refractivity contribution in [2.75, 3.05) is 5.73 Å². The van der Waals surface area contributed by atoms with E-state index in [1.165, 1.54) is 12.3 Å². The summed E-state index contributed by atoms with van der Waals surface area (Å²) in [6.45, 7) is 1.72. The summed E-state index contributed by atoms with van der Waals surface area (Å²) in [5.74, 6) is -0.615. The predicted octanol–water partition coefficient (Wildman–Crippen LogP) is 0.670. The maximum Gasteiger partial charge on any atom is 0.337 e. The van der Waals surface area contributed by atoms with Gasteiger partial charge in [0, 0.05) is 6.20 Å². The summed E-state index contributed by atoms with van der Waals surface area (Å²) in [4.78, 5) is 14.1. The normalized spacial score (nSPS) is 9.55. The van der Waals surface area contributed by atoms with Crippen molar-refractivity contribution in [2.24, 2.45) is 0 Å². The van der Waals surface area contributed by atoms with Crippen LogP contribution in [0.4, 0.5) is 5.82 Å². The Kier molecular flexibility index (Phi) is 1.76. The molecule has 11 heavy (non-hydrogen) atoms. The fraction of sp³-hybridized carbons (Fsp3) is 0.143. The average molecular weight is 152 g/mol. The zero-order chi connectivity index (χ0) is 8.43. The van der Waals surface area contributed by atoms with Crippen molar-refractivity contribution >= 4 is 11.8 Å². The van der Waals surface area contributed by atoms with E-state index in [0.717, 1.165) is 0 Å². The summed E-state index contributed by atoms with van der Waals surface area (Å²) in [5, 5.41) is 8.52. The van der Waals surface area contributed by atoms with Crippen LogP contribution >= 0.6 is 0 Å². The number of carboxylic acids is 1. The maximum absolute atomic E-state index is 10.4. The van der Waals surface area contributed by atoms with Gasteiger partial charge >= 0.3 is 5.97 Å². The molecule has 0 aliphatic heterocycles. The highest BCUT2D eigenvalue weighted by Crippen LogP contribution is 2.08. The molecule has 0 saturated carbocycles. The molecule has 0 atom stereocenters. The van der Waals surface area contributed by atoms with Crippen LogP contribution in [0.3, 0.4) is 0 Å². The molecule has 0 bridgehead atoms. The molecule has 4 heteroatoms. The van der Waals surface area contributed by atoms with E-state index in [1.807, 2.05) is 0 Å². The molecule has 0 radical (unpaired) electrons. The first-order chi connectivity index (χ1) is 5.11. The highest BCUT2D eigenvalue weighted by Gasteiger charge is 2.03. The second-order valence-electron chi connectivity index (χ2n) is 2.23. The van der Waals surface area contributed by atoms with Crippen molar-refractivity contribution in [2.45, 2.75) is 6.92 Å². The van der Waals surface area contributed by atoms with Gasteiger partial charge in [0.2, 0.25) is 0 Å². The quantitative estimate of drug-likeness (QED) is 0.620. The molecular formula is C7H8N2O2. The van der Waals surface area contributed by atoms with Crippen molar-refractivity contribution in [3.05, 3.63) is 23.4 Å². The zero-order valence-electron chi connectivity index (χ0n) is 6.03. The third-order valence-corrected chi connectivity index (χ3v) is 1.37. The van der Waals surface area contributed by atoms with E-state index in [1.54, 1.807) is 6.92 Å². The SMILES string of the molecule is Cc1cc(C(=O)O)cnc1N. The van der Waals surface area contributed by atoms with Crippen molar-refractivity contribution in [3.63, 3.8) is 0 Å². The van der Waals surface area contributed by atoms with Gasteiger partial charge in [-0.05, 0) is 18.6 Å². The van der Waals surface area contributed by atoms with Crippen LogP contribution in [0.1, 0.15) is 15.9 Å². The van der Waals surface area contributed by atoms with Crippen LogP contribution in [-0.2, 0) is 0 Å². The molecule has 0 aromatic carbocycles. The molecule has 1 rings (SSSR count). The molecule has 4 nitrogen and oxygen atoms in total. The molecule has 1 aromatic rings. The van der Waals surface area contributed by atoms with E-state index in [0.29, 0.717) is 11.4 Å². The Bertz CT molecular complexity index is 296. The molecule has 0 unspecified atom stereocenters. The van der Waals surface area contributed by atoms with Gasteiger partial charge in [-0.1, -0.05) is 0 Å². The molecule has 0 fully saturated rings. The summed E-state index contributed by atoms with van der Waals surface area (Å²) >= 11 is 0. The number of nitrogen functional groups attached to an aromatic ring is 1. The van der Waals surface area contributed by atoms with E-state index in [2.05, 4.69) is 4.98 Å². The summed E-state index contributed by atoms with van der Waals surface area (Å²) in [5.41, 5.74) is 6.23. The van der Waals surface area contributed by atoms with E-state index < -0.39 is 5.97 Å². The molecule has 58 valence electrons. The minimum atomic E-state index is -0.986. The fourth-order valence-electron chi connectivity index (χ4n) is 0.702. The largest absolute Gasteiger partial charge is 0.478 e. The van der Waals surface area contributed by atoms with E-state index >= 15 is 0 Å². The highest BCUT2D eigenvalue weighted by molar-refractivity contribution is 5.87. The van der Waals surface area contributed by atoms with Crippen LogP contribution in [0.25, 0.3) is 0 Å². The van der Waals surface area contributed by atoms with E-state index in [9.17, 15) is 4.79 Å². The third kappa shape index (κ3) is 1.46. The predicted molar refractivity (Wildman–Crippen MR) is 40.3 cm³/mol. The lowest BCUT2D eigenvalue weighted by Gasteiger charge is -1.98. The third-order valence-electron chi connectivity index (χ3n) is 1.37. The topological polar surface area (TPSA) is 76.2 Å². The first kappa shape index (κ1) is 7.53. The van der Waals surface area contributed by atoms with Crippen molar-refractivity contribution in [1.29, 1.82) is 0 Å². The number of hydrogen-bond acceptors (Lipinski definition) is 3. The number of aromatic nitrogens is 1. The number of carboxylic acid groups (broad SMARTS) is 1. The maximum atomic E-state index is 10.4. The summed E-state index contributed by atoms with van der Waals surface area (Å²) in [6, 6.07) is 1.49. The monoisotopic (exact) mass is 152 g/mol. The van der Waals surface area contributed by atoms with Crippen LogP contribution in [0.5, 0.6) is 0 Å². The standard InChI is InChI=1S/C7H8N2O2/c1-4-2-5(7(10)11)3-9-6(4)8/h2-3H,1H3,(H2,8,9)(H,10,11). The van der Waals surface area contributed by atoms with Gasteiger partial charge in [-0.3, -0.25) is 0 Å². The van der Waals surface area contributed by atoms with Gasteiger partial charge in [-0.15, -0.1) is 0 Å². The molecule has 0 aliphatic carbocycles. The smallest absolute Gasteiger partial charge is 0.337 e. The van der Waals surface area contributed by atoms with Gasteiger partial charge in [0.25, 0.3) is 0 Å². The lowest BCUT2D eigenvalue weighted by atomic mass is 10.2. The minimum Gasteiger partial charge on any atom is -0.478 e. The van der Waals surface area contributed by atoms with Gasteiger partial charge < -0.3 is 10.8 Å². The Balaban J connectivity index is 3.15. The Morgan fingerprint density at radius 1 is 1.73 bits per heavy atom. The van der Waals surface area contributed by atoms with Crippen LogP contribution < -0.4 is 5.73 Å². The first-order valence-corrected chi connectivity index (χ1v) is 3.06. The van der Waals surface area contributed by atoms with Crippen molar-refractivity contribution < 1.29 is 9.90 Å². The number of aromatic carboxylic acids is 1. The van der Waals surface area contributed by atoms with Crippen LogP contribution in [0, 0.1) is 6.92 Å². The molecule has 0 spiro atoms. The van der Waals surface area contributed by atoms with Gasteiger partial charge in [0.1, 0.15) is 5.82 Å². The number of nitrogens with two attached hydrogens (primary N) is 1. The van der Waals surface area contributed by atoms with Crippen LogP contribution in [0.15, 0.2) is 12.3 Å². The van der Waals surface area contributed by atoms with Gasteiger partial charge in [0.15, 0.2) is 0 Å². The highest BCUT2D eigenvalue weighted by atomic mass is 16.4. The van der Waals surface area contributed by atoms with Crippen molar-refractivity contribution in [1.82, 2.24) is 4.98 Å². The second kappa shape index (κ2) is 2.57. The number of pyridine rings is 1. The number of anilines is 1. The van der Waals surface area contributed by atoms with Crippen LogP contribution in [0.2, 0.25) is 0 Å². The Morgan fingerprint density at radius 3 is 2.82 bits per heavy atom. The summed E-state index contributed by atoms with van der Waals surface area (Å²) < 4.78 is 0. The zero-order valence-corrected chi connectivity index (χ0v) is 6.03. The molecule has 0 aliphatic rings. The number of carbonyl (C=O) groups is 1. The lowest BCUT2D eigenvalue weighted by Crippen LogP contribution is -2.01. The van der Waals surface area contributed by atoms with E-state index in [-0.39, 0.29) is 5.56 Å². The summed E-state index contributed by atoms with van der Waals surface area (Å²) in [7, 11) is 0. The lowest BCUT2D eigenvalue weighted by molar-refractivity contribution is 0.0696. The first-order valence-electron chi connectivity index (χ1n) is 3.06. The number of nitrogens with zero attached hydrogens (tertiary/aromatic N) is 1. The van der Waals surface area contributed by atoms with Crippen molar-refractivity contribution in [3.8, 4) is 0 Å². The Hall–Kier alpha value is -1.58. The molecule has 1 aromatic heterocycles. The minimum absolute atomic E-state index is 0.164. The fourth-order valence-corrected chi connectivity index (χ4v) is 0.702. The number of rotatable bonds is 1. The van der Waals surface area contributed by atoms with E-state index in [4.69, 9.17) is 10.8 Å². The van der Waals surface area contributed by atoms with Gasteiger partial charge in [-0.2, -0.15) is 0 Å². The molecule has 1 heterocycles. The molecule has 0 saturated heterocycles. The van der Waals surface area contributed by atoms with Crippen LogP contribution in [-0.4, -0.2) is 16.1 Å². The Morgan fingerprint density at radius 2 is 2.36 bits per heavy atom. The molecular weight excluding hydrogens is 144 g/mol. The molecule has 3 N–H and O–H groups in total. The Labute approximate surface area is 63.7 Å². The molecule has 0 amide bonds. The number of hydrogen-bond donors (Lipinski definition) is 2. The average Bonchev–Trinajstić information content (AvgIpc) is 1.94. The summed E-state index contributed by atoms with van der Waals surface area (Å²) in [6.07, 6.45) is 1.24.